The van der Waals surface area contributed by atoms with Crippen LogP contribution in [0.25, 0.3) is 0 Å². The Balaban J connectivity index is 1.95. The fourth-order valence-corrected chi connectivity index (χ4v) is 2.35. The summed E-state index contributed by atoms with van der Waals surface area (Å²) in [4.78, 5) is 11.8. The Bertz CT molecular complexity index is 656. The summed E-state index contributed by atoms with van der Waals surface area (Å²) in [6.07, 6.45) is 0. The highest BCUT2D eigenvalue weighted by Crippen LogP contribution is 2.23. The Labute approximate surface area is 129 Å². The van der Waals surface area contributed by atoms with E-state index in [-0.39, 0.29) is 18.1 Å². The first-order valence-corrected chi connectivity index (χ1v) is 6.99. The van der Waals surface area contributed by atoms with Crippen molar-refractivity contribution in [3.05, 3.63) is 58.1 Å². The number of anilines is 2. The van der Waals surface area contributed by atoms with E-state index in [1.807, 2.05) is 19.1 Å². The zero-order valence-corrected chi connectivity index (χ0v) is 12.8. The van der Waals surface area contributed by atoms with E-state index < -0.39 is 11.6 Å². The minimum Gasteiger partial charge on any atom is -0.376 e. The molecule has 0 saturated heterocycles. The summed E-state index contributed by atoms with van der Waals surface area (Å²) in [7, 11) is 0. The van der Waals surface area contributed by atoms with Gasteiger partial charge in [-0.25, -0.2) is 8.78 Å². The van der Waals surface area contributed by atoms with Gasteiger partial charge in [-0.1, -0.05) is 6.07 Å². The van der Waals surface area contributed by atoms with Gasteiger partial charge in [-0.15, -0.1) is 0 Å². The number of carbonyl (C=O) groups is 1. The van der Waals surface area contributed by atoms with Gasteiger partial charge in [0.15, 0.2) is 0 Å². The summed E-state index contributed by atoms with van der Waals surface area (Å²) in [5, 5.41) is 5.37. The maximum atomic E-state index is 13.0. The Morgan fingerprint density at radius 3 is 2.43 bits per heavy atom. The van der Waals surface area contributed by atoms with Crippen LogP contribution >= 0.6 is 15.9 Å². The van der Waals surface area contributed by atoms with Crippen LogP contribution in [0.5, 0.6) is 0 Å². The van der Waals surface area contributed by atoms with Crippen molar-refractivity contribution in [3.8, 4) is 0 Å². The molecular weight excluding hydrogens is 342 g/mol. The summed E-state index contributed by atoms with van der Waals surface area (Å²) < 4.78 is 26.8. The second-order valence-corrected chi connectivity index (χ2v) is 5.40. The van der Waals surface area contributed by atoms with Gasteiger partial charge in [-0.3, -0.25) is 4.79 Å². The molecule has 3 nitrogen and oxygen atoms in total. The smallest absolute Gasteiger partial charge is 0.243 e. The first-order valence-electron chi connectivity index (χ1n) is 6.20. The molecule has 0 spiro atoms. The number of rotatable bonds is 4. The van der Waals surface area contributed by atoms with E-state index in [2.05, 4.69) is 26.6 Å². The predicted molar refractivity (Wildman–Crippen MR) is 82.4 cm³/mol. The van der Waals surface area contributed by atoms with E-state index in [4.69, 9.17) is 0 Å². The van der Waals surface area contributed by atoms with E-state index in [0.717, 1.165) is 28.2 Å². The van der Waals surface area contributed by atoms with E-state index in [1.54, 1.807) is 6.07 Å². The highest BCUT2D eigenvalue weighted by atomic mass is 79.9. The molecule has 0 heterocycles. The van der Waals surface area contributed by atoms with Gasteiger partial charge in [0.1, 0.15) is 11.6 Å². The Kier molecular flexibility index (Phi) is 4.90. The minimum absolute atomic E-state index is 0.0940. The zero-order valence-electron chi connectivity index (χ0n) is 11.2. The molecule has 0 aliphatic heterocycles. The lowest BCUT2D eigenvalue weighted by Crippen LogP contribution is -2.22. The molecule has 2 aromatic rings. The van der Waals surface area contributed by atoms with Gasteiger partial charge in [0.2, 0.25) is 5.91 Å². The summed E-state index contributed by atoms with van der Waals surface area (Å²) in [6.45, 7) is 1.85. The van der Waals surface area contributed by atoms with Crippen molar-refractivity contribution in [2.75, 3.05) is 17.2 Å². The van der Waals surface area contributed by atoms with Crippen molar-refractivity contribution >= 4 is 33.2 Å². The van der Waals surface area contributed by atoms with E-state index in [1.165, 1.54) is 0 Å². The molecule has 21 heavy (non-hydrogen) atoms. The largest absolute Gasteiger partial charge is 0.376 e. The van der Waals surface area contributed by atoms with Gasteiger partial charge in [-0.05, 0) is 52.7 Å². The van der Waals surface area contributed by atoms with E-state index >= 15 is 0 Å². The van der Waals surface area contributed by atoms with Gasteiger partial charge in [0.05, 0.1) is 12.2 Å². The number of carbonyl (C=O) groups excluding carboxylic acids is 1. The maximum absolute atomic E-state index is 13.0. The average molecular weight is 355 g/mol. The molecule has 2 rings (SSSR count). The molecule has 1 amide bonds. The fraction of sp³-hybridized carbons (Fsp3) is 0.133. The van der Waals surface area contributed by atoms with E-state index in [0.29, 0.717) is 5.69 Å². The van der Waals surface area contributed by atoms with Crippen LogP contribution in [-0.2, 0) is 4.79 Å². The van der Waals surface area contributed by atoms with Gasteiger partial charge in [-0.2, -0.15) is 0 Å². The number of hydrogen-bond acceptors (Lipinski definition) is 2. The van der Waals surface area contributed by atoms with Crippen LogP contribution in [0.15, 0.2) is 40.9 Å². The molecule has 2 N–H and O–H groups in total. The van der Waals surface area contributed by atoms with Crippen LogP contribution < -0.4 is 10.6 Å². The van der Waals surface area contributed by atoms with Crippen LogP contribution in [0, 0.1) is 18.6 Å². The third kappa shape index (κ3) is 4.53. The lowest BCUT2D eigenvalue weighted by molar-refractivity contribution is -0.114. The molecule has 0 atom stereocenters. The lowest BCUT2D eigenvalue weighted by Gasteiger charge is -2.10. The molecule has 0 radical (unpaired) electrons. The Hall–Kier alpha value is -1.95. The van der Waals surface area contributed by atoms with Crippen molar-refractivity contribution in [1.29, 1.82) is 0 Å². The van der Waals surface area contributed by atoms with Crippen LogP contribution in [0.2, 0.25) is 0 Å². The number of hydrogen-bond donors (Lipinski definition) is 2. The number of aryl methyl sites for hydroxylation is 1. The van der Waals surface area contributed by atoms with Crippen molar-refractivity contribution in [1.82, 2.24) is 0 Å². The number of amides is 1. The molecule has 6 heteroatoms. The summed E-state index contributed by atoms with van der Waals surface area (Å²) >= 11 is 3.36. The third-order valence-corrected chi connectivity index (χ3v) is 3.37. The molecule has 0 aliphatic carbocycles. The Morgan fingerprint density at radius 2 is 1.81 bits per heavy atom. The average Bonchev–Trinajstić information content (AvgIpc) is 2.39. The molecule has 0 fully saturated rings. The Morgan fingerprint density at radius 1 is 1.14 bits per heavy atom. The molecule has 0 aromatic heterocycles. The van der Waals surface area contributed by atoms with Gasteiger partial charge in [0.25, 0.3) is 0 Å². The maximum Gasteiger partial charge on any atom is 0.243 e. The van der Waals surface area contributed by atoms with Gasteiger partial charge < -0.3 is 10.6 Å². The standard InChI is InChI=1S/C15H13BrF2N2O/c1-9-2-3-14(13(16)4-9)20-15(21)8-19-12-6-10(17)5-11(18)7-12/h2-7,19H,8H2,1H3,(H,20,21). The first kappa shape index (κ1) is 15.4. The predicted octanol–water partition coefficient (Wildman–Crippen LogP) is 4.09. The number of benzene rings is 2. The molecule has 0 unspecified atom stereocenters. The van der Waals surface area contributed by atoms with Gasteiger partial charge >= 0.3 is 0 Å². The monoisotopic (exact) mass is 354 g/mol. The van der Waals surface area contributed by atoms with Crippen molar-refractivity contribution in [2.45, 2.75) is 6.92 Å². The summed E-state index contributed by atoms with van der Waals surface area (Å²) in [6, 6.07) is 8.55. The second-order valence-electron chi connectivity index (χ2n) is 4.54. The van der Waals surface area contributed by atoms with Crippen LogP contribution in [0.3, 0.4) is 0 Å². The second kappa shape index (κ2) is 6.67. The van der Waals surface area contributed by atoms with Gasteiger partial charge in [0, 0.05) is 16.2 Å². The molecule has 110 valence electrons. The lowest BCUT2D eigenvalue weighted by atomic mass is 10.2. The number of nitrogens with one attached hydrogen (secondary N) is 2. The molecule has 0 bridgehead atoms. The van der Waals surface area contributed by atoms with Crippen LogP contribution in [0.1, 0.15) is 5.56 Å². The first-order chi connectivity index (χ1) is 9.94. The van der Waals surface area contributed by atoms with Crippen molar-refractivity contribution in [2.24, 2.45) is 0 Å². The zero-order chi connectivity index (χ0) is 15.4. The van der Waals surface area contributed by atoms with Crippen LogP contribution in [0.4, 0.5) is 20.2 Å². The highest BCUT2D eigenvalue weighted by Gasteiger charge is 2.07. The third-order valence-electron chi connectivity index (χ3n) is 2.71. The normalized spacial score (nSPS) is 10.3. The molecular formula is C15H13BrF2N2O. The molecule has 0 aliphatic rings. The topological polar surface area (TPSA) is 41.1 Å². The quantitative estimate of drug-likeness (QED) is 0.868. The minimum atomic E-state index is -0.695. The van der Waals surface area contributed by atoms with Crippen molar-refractivity contribution < 1.29 is 13.6 Å². The highest BCUT2D eigenvalue weighted by molar-refractivity contribution is 9.10. The summed E-state index contributed by atoms with van der Waals surface area (Å²) in [5.74, 6) is -1.71. The molecule has 0 saturated carbocycles. The number of halogens is 3. The fourth-order valence-electron chi connectivity index (χ4n) is 1.75. The van der Waals surface area contributed by atoms with Crippen molar-refractivity contribution in [3.63, 3.8) is 0 Å². The van der Waals surface area contributed by atoms with E-state index in [9.17, 15) is 13.6 Å². The summed E-state index contributed by atoms with van der Waals surface area (Å²) in [5.41, 5.74) is 1.91. The molecule has 2 aromatic carbocycles. The SMILES string of the molecule is Cc1ccc(NC(=O)CNc2cc(F)cc(F)c2)c(Br)c1. The van der Waals surface area contributed by atoms with Crippen LogP contribution in [-0.4, -0.2) is 12.5 Å².